The fourth-order valence-electron chi connectivity index (χ4n) is 4.09. The van der Waals surface area contributed by atoms with E-state index in [0.29, 0.717) is 22.7 Å². The number of nitrogens with one attached hydrogen (secondary N) is 2. The summed E-state index contributed by atoms with van der Waals surface area (Å²) in [6.45, 7) is 4.54. The van der Waals surface area contributed by atoms with Crippen LogP contribution in [0.2, 0.25) is 10.0 Å². The SMILES string of the molecule is CCN1CCCN(C(=O)c2ccc(CNC(=O)Nc3c(F)cccc3Cl)c(Cl)c2)c2ccccc21. The number of amides is 3. The van der Waals surface area contributed by atoms with Gasteiger partial charge in [0, 0.05) is 36.8 Å². The average molecular weight is 515 g/mol. The number of rotatable bonds is 5. The molecule has 3 aromatic rings. The number of para-hydroxylation sites is 3. The zero-order valence-corrected chi connectivity index (χ0v) is 20.7. The highest BCUT2D eigenvalue weighted by molar-refractivity contribution is 6.33. The summed E-state index contributed by atoms with van der Waals surface area (Å²) in [4.78, 5) is 29.7. The molecule has 0 aromatic heterocycles. The fraction of sp³-hybridized carbons (Fsp3) is 0.231. The van der Waals surface area contributed by atoms with Gasteiger partial charge in [0.1, 0.15) is 5.82 Å². The summed E-state index contributed by atoms with van der Waals surface area (Å²) < 4.78 is 13.9. The second kappa shape index (κ2) is 11.0. The number of halogens is 3. The summed E-state index contributed by atoms with van der Waals surface area (Å²) in [5, 5.41) is 5.47. The largest absolute Gasteiger partial charge is 0.370 e. The number of nitrogens with zero attached hydrogens (tertiary/aromatic N) is 2. The highest BCUT2D eigenvalue weighted by Crippen LogP contribution is 2.33. The van der Waals surface area contributed by atoms with E-state index in [2.05, 4.69) is 22.5 Å². The van der Waals surface area contributed by atoms with Gasteiger partial charge in [-0.25, -0.2) is 9.18 Å². The molecule has 35 heavy (non-hydrogen) atoms. The van der Waals surface area contributed by atoms with Gasteiger partial charge in [0.15, 0.2) is 0 Å². The van der Waals surface area contributed by atoms with Gasteiger partial charge in [0.05, 0.1) is 22.1 Å². The Morgan fingerprint density at radius 1 is 0.971 bits per heavy atom. The van der Waals surface area contributed by atoms with Crippen LogP contribution in [-0.4, -0.2) is 31.6 Å². The van der Waals surface area contributed by atoms with Crippen molar-refractivity contribution < 1.29 is 14.0 Å². The van der Waals surface area contributed by atoms with E-state index < -0.39 is 11.8 Å². The van der Waals surface area contributed by atoms with E-state index in [1.54, 1.807) is 23.1 Å². The molecule has 3 amide bonds. The van der Waals surface area contributed by atoms with Gasteiger partial charge >= 0.3 is 6.03 Å². The zero-order chi connectivity index (χ0) is 24.9. The lowest BCUT2D eigenvalue weighted by molar-refractivity contribution is 0.0987. The molecule has 0 fully saturated rings. The maximum absolute atomic E-state index is 13.9. The van der Waals surface area contributed by atoms with Crippen molar-refractivity contribution >= 4 is 52.2 Å². The van der Waals surface area contributed by atoms with Crippen LogP contribution >= 0.6 is 23.2 Å². The van der Waals surface area contributed by atoms with Crippen molar-refractivity contribution in [2.45, 2.75) is 19.9 Å². The van der Waals surface area contributed by atoms with Gasteiger partial charge in [-0.1, -0.05) is 47.5 Å². The summed E-state index contributed by atoms with van der Waals surface area (Å²) in [5.74, 6) is -0.769. The van der Waals surface area contributed by atoms with Gasteiger partial charge in [0.2, 0.25) is 0 Å². The summed E-state index contributed by atoms with van der Waals surface area (Å²) >= 11 is 12.4. The van der Waals surface area contributed by atoms with E-state index in [1.807, 2.05) is 24.3 Å². The van der Waals surface area contributed by atoms with Crippen molar-refractivity contribution in [3.05, 3.63) is 87.7 Å². The van der Waals surface area contributed by atoms with Crippen LogP contribution in [0.3, 0.4) is 0 Å². The van der Waals surface area contributed by atoms with E-state index >= 15 is 0 Å². The monoisotopic (exact) mass is 514 g/mol. The number of carbonyl (C=O) groups excluding carboxylic acids is 2. The summed E-state index contributed by atoms with van der Waals surface area (Å²) in [6.07, 6.45) is 0.852. The molecule has 0 saturated carbocycles. The van der Waals surface area contributed by atoms with Crippen LogP contribution in [0, 0.1) is 5.82 Å². The molecule has 1 heterocycles. The third kappa shape index (κ3) is 5.52. The summed E-state index contributed by atoms with van der Waals surface area (Å²) in [5.41, 5.74) is 2.89. The number of carbonyl (C=O) groups is 2. The Kier molecular flexibility index (Phi) is 7.78. The molecule has 0 spiro atoms. The third-order valence-electron chi connectivity index (χ3n) is 5.89. The van der Waals surface area contributed by atoms with E-state index in [4.69, 9.17) is 23.2 Å². The molecule has 0 radical (unpaired) electrons. The smallest absolute Gasteiger partial charge is 0.319 e. The average Bonchev–Trinajstić information content (AvgIpc) is 3.04. The summed E-state index contributed by atoms with van der Waals surface area (Å²) in [6, 6.07) is 16.4. The normalized spacial score (nSPS) is 13.1. The molecule has 2 N–H and O–H groups in total. The second-order valence-electron chi connectivity index (χ2n) is 8.09. The standard InChI is InChI=1S/C26H25Cl2FN4O2/c1-2-32-13-6-14-33(23-10-4-3-9-22(23)32)25(34)17-11-12-18(20(28)15-17)16-30-26(35)31-24-19(27)7-5-8-21(24)29/h3-5,7-12,15H,2,6,13-14,16H2,1H3,(H2,30,31,35). The van der Waals surface area contributed by atoms with Gasteiger partial charge in [0.25, 0.3) is 5.91 Å². The number of fused-ring (bicyclic) bond motifs is 1. The van der Waals surface area contributed by atoms with Crippen molar-refractivity contribution in [1.29, 1.82) is 0 Å². The number of anilines is 3. The first kappa shape index (κ1) is 24.8. The lowest BCUT2D eigenvalue weighted by atomic mass is 10.1. The van der Waals surface area contributed by atoms with Crippen LogP contribution < -0.4 is 20.4 Å². The Hall–Kier alpha value is -3.29. The maximum Gasteiger partial charge on any atom is 0.319 e. The lowest BCUT2D eigenvalue weighted by Gasteiger charge is -2.26. The van der Waals surface area contributed by atoms with Crippen molar-refractivity contribution in [3.8, 4) is 0 Å². The first-order valence-electron chi connectivity index (χ1n) is 11.3. The van der Waals surface area contributed by atoms with Crippen LogP contribution in [0.15, 0.2) is 60.7 Å². The lowest BCUT2D eigenvalue weighted by Crippen LogP contribution is -2.31. The van der Waals surface area contributed by atoms with Gasteiger partial charge in [-0.3, -0.25) is 4.79 Å². The van der Waals surface area contributed by atoms with Crippen molar-refractivity contribution in [2.24, 2.45) is 0 Å². The minimum atomic E-state index is -0.634. The zero-order valence-electron chi connectivity index (χ0n) is 19.2. The third-order valence-corrected chi connectivity index (χ3v) is 6.56. The van der Waals surface area contributed by atoms with Crippen LogP contribution in [0.4, 0.5) is 26.2 Å². The predicted molar refractivity (Wildman–Crippen MR) is 139 cm³/mol. The van der Waals surface area contributed by atoms with Crippen LogP contribution in [0.1, 0.15) is 29.3 Å². The van der Waals surface area contributed by atoms with Crippen molar-refractivity contribution in [3.63, 3.8) is 0 Å². The summed E-state index contributed by atoms with van der Waals surface area (Å²) in [7, 11) is 0. The topological polar surface area (TPSA) is 64.7 Å². The van der Waals surface area contributed by atoms with Crippen molar-refractivity contribution in [2.75, 3.05) is 34.8 Å². The maximum atomic E-state index is 13.9. The number of hydrogen-bond acceptors (Lipinski definition) is 3. The van der Waals surface area contributed by atoms with Crippen molar-refractivity contribution in [1.82, 2.24) is 5.32 Å². The Balaban J connectivity index is 1.46. The molecule has 1 aliphatic heterocycles. The van der Waals surface area contributed by atoms with E-state index in [9.17, 15) is 14.0 Å². The number of hydrogen-bond donors (Lipinski definition) is 2. The van der Waals surface area contributed by atoms with Crippen LogP contribution in [0.25, 0.3) is 0 Å². The molecule has 0 unspecified atom stereocenters. The highest BCUT2D eigenvalue weighted by Gasteiger charge is 2.25. The second-order valence-corrected chi connectivity index (χ2v) is 8.90. The van der Waals surface area contributed by atoms with Gasteiger partial charge in [-0.15, -0.1) is 0 Å². The highest BCUT2D eigenvalue weighted by atomic mass is 35.5. The van der Waals surface area contributed by atoms with Crippen LogP contribution in [0.5, 0.6) is 0 Å². The quantitative estimate of drug-likeness (QED) is 0.418. The predicted octanol–water partition coefficient (Wildman–Crippen LogP) is 6.33. The molecule has 1 aliphatic rings. The molecule has 6 nitrogen and oxygen atoms in total. The molecular formula is C26H25Cl2FN4O2. The van der Waals surface area contributed by atoms with Gasteiger partial charge < -0.3 is 20.4 Å². The minimum absolute atomic E-state index is 0.0865. The van der Waals surface area contributed by atoms with Gasteiger partial charge in [-0.05, 0) is 55.3 Å². The molecular weight excluding hydrogens is 490 g/mol. The fourth-order valence-corrected chi connectivity index (χ4v) is 4.55. The Labute approximate surface area is 213 Å². The molecule has 3 aromatic carbocycles. The van der Waals surface area contributed by atoms with E-state index in [0.717, 1.165) is 30.9 Å². The molecule has 0 atom stereocenters. The molecule has 0 aliphatic carbocycles. The number of benzene rings is 3. The molecule has 9 heteroatoms. The Morgan fingerprint density at radius 3 is 2.46 bits per heavy atom. The van der Waals surface area contributed by atoms with E-state index in [-0.39, 0.29) is 23.2 Å². The first-order valence-corrected chi connectivity index (χ1v) is 12.1. The molecule has 182 valence electrons. The number of urea groups is 1. The molecule has 0 saturated heterocycles. The molecule has 4 rings (SSSR count). The Morgan fingerprint density at radius 2 is 1.74 bits per heavy atom. The Bertz CT molecular complexity index is 1230. The van der Waals surface area contributed by atoms with Gasteiger partial charge in [-0.2, -0.15) is 0 Å². The molecule has 0 bridgehead atoms. The van der Waals surface area contributed by atoms with Crippen LogP contribution in [-0.2, 0) is 6.54 Å². The first-order chi connectivity index (χ1) is 16.9. The minimum Gasteiger partial charge on any atom is -0.370 e. The van der Waals surface area contributed by atoms with E-state index in [1.165, 1.54) is 18.2 Å².